The largest absolute Gasteiger partial charge is 0.349 e. The number of nitrogens with one attached hydrogen (secondary N) is 2. The van der Waals surface area contributed by atoms with Gasteiger partial charge in [-0.2, -0.15) is 0 Å². The minimum atomic E-state index is -3.67. The summed E-state index contributed by atoms with van der Waals surface area (Å²) in [5.74, 6) is 0.249. The molecule has 1 fully saturated rings. The van der Waals surface area contributed by atoms with Crippen molar-refractivity contribution in [2.45, 2.75) is 56.5 Å². The average molecular weight is 499 g/mol. The number of rotatable bonds is 7. The van der Waals surface area contributed by atoms with Gasteiger partial charge in [-0.1, -0.05) is 12.1 Å². The molecule has 0 aliphatic heterocycles. The highest BCUT2D eigenvalue weighted by molar-refractivity contribution is 7.89. The van der Waals surface area contributed by atoms with Gasteiger partial charge in [0.15, 0.2) is 0 Å². The molecule has 4 rings (SSSR count). The number of benzene rings is 2. The van der Waals surface area contributed by atoms with Crippen LogP contribution in [0.25, 0.3) is 11.4 Å². The second kappa shape index (κ2) is 10.3. The quantitative estimate of drug-likeness (QED) is 0.509. The summed E-state index contributed by atoms with van der Waals surface area (Å²) in [5.41, 5.74) is 2.71. The maximum atomic E-state index is 13.1. The third-order valence-corrected chi connectivity index (χ3v) is 8.33. The maximum absolute atomic E-state index is 13.1. The SMILES string of the molecule is Cc1cnc(-c2ccc(S(=O)(=O)NC3CCC(C(=O)NC(C)c4ccc(F)cc4)CC3)cc2)n1C. The summed E-state index contributed by atoms with van der Waals surface area (Å²) < 4.78 is 43.7. The van der Waals surface area contributed by atoms with E-state index in [0.717, 1.165) is 22.6 Å². The van der Waals surface area contributed by atoms with Crippen LogP contribution in [-0.2, 0) is 21.9 Å². The number of imidazole rings is 1. The van der Waals surface area contributed by atoms with E-state index in [1.54, 1.807) is 42.6 Å². The van der Waals surface area contributed by atoms with Gasteiger partial charge in [0.05, 0.1) is 10.9 Å². The number of carbonyl (C=O) groups is 1. The molecule has 7 nitrogen and oxygen atoms in total. The molecule has 0 bridgehead atoms. The standard InChI is InChI=1S/C26H31FN4O3S/c1-17-16-28-25(31(17)3)20-8-14-24(15-9-20)35(33,34)30-23-12-6-21(7-13-23)26(32)29-18(2)19-4-10-22(27)11-5-19/h4-5,8-11,14-16,18,21,23,30H,6-7,12-13H2,1-3H3,(H,29,32). The van der Waals surface area contributed by atoms with Gasteiger partial charge < -0.3 is 9.88 Å². The summed E-state index contributed by atoms with van der Waals surface area (Å²) in [5, 5.41) is 2.99. The summed E-state index contributed by atoms with van der Waals surface area (Å²) in [6, 6.07) is 12.4. The van der Waals surface area contributed by atoms with Crippen LogP contribution >= 0.6 is 0 Å². The van der Waals surface area contributed by atoms with E-state index in [1.165, 1.54) is 12.1 Å². The molecule has 1 aliphatic carbocycles. The Kier molecular flexibility index (Phi) is 7.37. The lowest BCUT2D eigenvalue weighted by molar-refractivity contribution is -0.126. The van der Waals surface area contributed by atoms with Crippen LogP contribution in [0.5, 0.6) is 0 Å². The highest BCUT2D eigenvalue weighted by Crippen LogP contribution is 2.27. The van der Waals surface area contributed by atoms with E-state index >= 15 is 0 Å². The predicted molar refractivity (Wildman–Crippen MR) is 132 cm³/mol. The first-order valence-electron chi connectivity index (χ1n) is 11.8. The van der Waals surface area contributed by atoms with Crippen LogP contribution in [0.4, 0.5) is 4.39 Å². The Labute approximate surface area is 205 Å². The van der Waals surface area contributed by atoms with Gasteiger partial charge in [-0.25, -0.2) is 22.5 Å². The first-order valence-corrected chi connectivity index (χ1v) is 13.3. The van der Waals surface area contributed by atoms with E-state index in [2.05, 4.69) is 15.0 Å². The number of nitrogens with zero attached hydrogens (tertiary/aromatic N) is 2. The molecule has 0 spiro atoms. The van der Waals surface area contributed by atoms with E-state index < -0.39 is 10.0 Å². The summed E-state index contributed by atoms with van der Waals surface area (Å²) in [7, 11) is -1.75. The zero-order valence-corrected chi connectivity index (χ0v) is 21.0. The molecule has 3 aromatic rings. The number of aryl methyl sites for hydroxylation is 1. The molecule has 1 saturated carbocycles. The van der Waals surface area contributed by atoms with Gasteiger partial charge in [0.1, 0.15) is 11.6 Å². The van der Waals surface area contributed by atoms with Gasteiger partial charge >= 0.3 is 0 Å². The van der Waals surface area contributed by atoms with Gasteiger partial charge in [0.2, 0.25) is 15.9 Å². The van der Waals surface area contributed by atoms with Crippen LogP contribution in [0, 0.1) is 18.7 Å². The zero-order chi connectivity index (χ0) is 25.2. The Morgan fingerprint density at radius 2 is 1.69 bits per heavy atom. The van der Waals surface area contributed by atoms with Crippen molar-refractivity contribution in [3.8, 4) is 11.4 Å². The molecule has 9 heteroatoms. The van der Waals surface area contributed by atoms with Crippen molar-refractivity contribution < 1.29 is 17.6 Å². The highest BCUT2D eigenvalue weighted by Gasteiger charge is 2.29. The fourth-order valence-corrected chi connectivity index (χ4v) is 5.78. The maximum Gasteiger partial charge on any atom is 0.240 e. The smallest absolute Gasteiger partial charge is 0.240 e. The average Bonchev–Trinajstić information content (AvgIpc) is 3.17. The molecule has 2 N–H and O–H groups in total. The van der Waals surface area contributed by atoms with Crippen molar-refractivity contribution in [2.24, 2.45) is 13.0 Å². The van der Waals surface area contributed by atoms with Crippen molar-refractivity contribution in [1.29, 1.82) is 0 Å². The molecule has 2 aromatic carbocycles. The second-order valence-electron chi connectivity index (χ2n) is 9.26. The number of hydrogen-bond acceptors (Lipinski definition) is 4. The molecule has 186 valence electrons. The first kappa shape index (κ1) is 25.1. The molecular weight excluding hydrogens is 467 g/mol. The van der Waals surface area contributed by atoms with Crippen molar-refractivity contribution in [3.05, 3.63) is 71.8 Å². The molecule has 0 radical (unpaired) electrons. The number of halogens is 1. The Bertz CT molecular complexity index is 1280. The molecule has 1 aliphatic rings. The van der Waals surface area contributed by atoms with Crippen molar-refractivity contribution in [1.82, 2.24) is 19.6 Å². The summed E-state index contributed by atoms with van der Waals surface area (Å²) in [6.45, 7) is 3.83. The van der Waals surface area contributed by atoms with Crippen molar-refractivity contribution in [2.75, 3.05) is 0 Å². The third-order valence-electron chi connectivity index (χ3n) is 6.79. The molecule has 35 heavy (non-hydrogen) atoms. The van der Waals surface area contributed by atoms with Crippen LogP contribution in [0.2, 0.25) is 0 Å². The number of hydrogen-bond donors (Lipinski definition) is 2. The molecule has 0 saturated heterocycles. The van der Waals surface area contributed by atoms with Gasteiger partial charge in [-0.05, 0) is 81.5 Å². The van der Waals surface area contributed by atoms with Crippen LogP contribution in [0.1, 0.15) is 49.9 Å². The minimum absolute atomic E-state index is 0.0526. The van der Waals surface area contributed by atoms with E-state index in [4.69, 9.17) is 0 Å². The highest BCUT2D eigenvalue weighted by atomic mass is 32.2. The van der Waals surface area contributed by atoms with Crippen LogP contribution in [0.15, 0.2) is 59.6 Å². The Morgan fingerprint density at radius 3 is 2.26 bits per heavy atom. The van der Waals surface area contributed by atoms with Gasteiger partial charge in [0.25, 0.3) is 0 Å². The first-order chi connectivity index (χ1) is 16.6. The van der Waals surface area contributed by atoms with Crippen molar-refractivity contribution >= 4 is 15.9 Å². The molecule has 1 unspecified atom stereocenters. The van der Waals surface area contributed by atoms with Gasteiger partial charge in [-0.15, -0.1) is 0 Å². The van der Waals surface area contributed by atoms with E-state index in [1.807, 2.05) is 25.5 Å². The fraction of sp³-hybridized carbons (Fsp3) is 0.385. The number of aromatic nitrogens is 2. The normalized spacial score (nSPS) is 19.3. The lowest BCUT2D eigenvalue weighted by Crippen LogP contribution is -2.41. The Morgan fingerprint density at radius 1 is 1.06 bits per heavy atom. The summed E-state index contributed by atoms with van der Waals surface area (Å²) >= 11 is 0. The number of sulfonamides is 1. The molecule has 1 amide bonds. The van der Waals surface area contributed by atoms with E-state index in [0.29, 0.717) is 25.7 Å². The summed E-state index contributed by atoms with van der Waals surface area (Å²) in [4.78, 5) is 17.3. The number of amides is 1. The van der Waals surface area contributed by atoms with Crippen LogP contribution in [0.3, 0.4) is 0 Å². The molecule has 1 heterocycles. The van der Waals surface area contributed by atoms with Gasteiger partial charge in [-0.3, -0.25) is 4.79 Å². The summed E-state index contributed by atoms with van der Waals surface area (Å²) in [6.07, 6.45) is 4.17. The van der Waals surface area contributed by atoms with Crippen molar-refractivity contribution in [3.63, 3.8) is 0 Å². The minimum Gasteiger partial charge on any atom is -0.349 e. The second-order valence-corrected chi connectivity index (χ2v) is 11.0. The predicted octanol–water partition coefficient (Wildman–Crippen LogP) is 4.25. The fourth-order valence-electron chi connectivity index (χ4n) is 4.47. The van der Waals surface area contributed by atoms with Crippen LogP contribution in [-0.4, -0.2) is 29.9 Å². The topological polar surface area (TPSA) is 93.1 Å². The molecule has 1 aromatic heterocycles. The Balaban J connectivity index is 1.31. The van der Waals surface area contributed by atoms with E-state index in [-0.39, 0.29) is 34.6 Å². The van der Waals surface area contributed by atoms with E-state index in [9.17, 15) is 17.6 Å². The van der Waals surface area contributed by atoms with Gasteiger partial charge in [0, 0.05) is 36.5 Å². The lowest BCUT2D eigenvalue weighted by atomic mass is 9.85. The molecular formula is C26H31FN4O3S. The number of carbonyl (C=O) groups excluding carboxylic acids is 1. The molecule has 1 atom stereocenters. The Hall–Kier alpha value is -3.04. The third kappa shape index (κ3) is 5.79. The monoisotopic (exact) mass is 498 g/mol. The van der Waals surface area contributed by atoms with Crippen LogP contribution < -0.4 is 10.0 Å². The zero-order valence-electron chi connectivity index (χ0n) is 20.2. The lowest BCUT2D eigenvalue weighted by Gasteiger charge is -2.29.